The smallest absolute Gasteiger partial charge is 0.156 e. The molecule has 2 heteroatoms. The third-order valence-corrected chi connectivity index (χ3v) is 1.76. The molecule has 0 fully saturated rings. The summed E-state index contributed by atoms with van der Waals surface area (Å²) < 4.78 is 0. The first kappa shape index (κ1) is 12.8. The molecular weight excluding hydrogens is 176 g/mol. The zero-order valence-electron chi connectivity index (χ0n) is 8.95. The molecule has 0 radical (unpaired) electrons. The minimum atomic E-state index is 0.00227. The highest BCUT2D eigenvalue weighted by Crippen LogP contribution is 1.96. The van der Waals surface area contributed by atoms with Gasteiger partial charge < -0.3 is 0 Å². The molecule has 2 nitrogen and oxygen atoms in total. The molecule has 0 aromatic rings. The van der Waals surface area contributed by atoms with Crippen LogP contribution in [0.25, 0.3) is 0 Å². The van der Waals surface area contributed by atoms with Crippen LogP contribution in [0.2, 0.25) is 0 Å². The van der Waals surface area contributed by atoms with Crippen LogP contribution in [-0.4, -0.2) is 11.6 Å². The molecule has 0 rings (SSSR count). The first-order valence-electron chi connectivity index (χ1n) is 5.09. The number of rotatable bonds is 7. The van der Waals surface area contributed by atoms with Gasteiger partial charge in [0, 0.05) is 12.8 Å². The molecule has 0 bridgehead atoms. The van der Waals surface area contributed by atoms with E-state index >= 15 is 0 Å². The molecule has 0 saturated heterocycles. The summed E-state index contributed by atoms with van der Waals surface area (Å²) in [4.78, 5) is 22.0. The van der Waals surface area contributed by atoms with Crippen molar-refractivity contribution in [1.29, 1.82) is 0 Å². The molecule has 78 valence electrons. The molecule has 0 saturated carbocycles. The van der Waals surface area contributed by atoms with Crippen molar-refractivity contribution in [2.24, 2.45) is 0 Å². The minimum Gasteiger partial charge on any atom is -0.295 e. The van der Waals surface area contributed by atoms with Crippen LogP contribution in [0.3, 0.4) is 0 Å². The van der Waals surface area contributed by atoms with Crippen LogP contribution in [0.15, 0.2) is 24.3 Å². The zero-order valence-corrected chi connectivity index (χ0v) is 8.95. The van der Waals surface area contributed by atoms with Gasteiger partial charge in [0.05, 0.1) is 0 Å². The molecule has 0 heterocycles. The van der Waals surface area contributed by atoms with Crippen LogP contribution in [0, 0.1) is 0 Å². The Balaban J connectivity index is 3.70. The Labute approximate surface area is 85.7 Å². The van der Waals surface area contributed by atoms with Gasteiger partial charge in [0.1, 0.15) is 0 Å². The lowest BCUT2D eigenvalue weighted by Crippen LogP contribution is -1.94. The quantitative estimate of drug-likeness (QED) is 0.461. The van der Waals surface area contributed by atoms with Crippen molar-refractivity contribution in [2.45, 2.75) is 39.5 Å². The van der Waals surface area contributed by atoms with Crippen LogP contribution in [0.1, 0.15) is 39.5 Å². The molecule has 0 amide bonds. The maximum absolute atomic E-state index is 11.2. The van der Waals surface area contributed by atoms with Crippen molar-refractivity contribution in [2.75, 3.05) is 0 Å². The average molecular weight is 194 g/mol. The van der Waals surface area contributed by atoms with Gasteiger partial charge in [-0.3, -0.25) is 9.59 Å². The molecule has 0 aromatic heterocycles. The molecule has 0 atom stereocenters. The van der Waals surface area contributed by atoms with Crippen molar-refractivity contribution in [1.82, 2.24) is 0 Å². The Hall–Kier alpha value is -1.18. The first-order chi connectivity index (χ1) is 6.70. The average Bonchev–Trinajstić information content (AvgIpc) is 2.21. The second kappa shape index (κ2) is 8.42. The van der Waals surface area contributed by atoms with Crippen LogP contribution < -0.4 is 0 Å². The van der Waals surface area contributed by atoms with Crippen LogP contribution >= 0.6 is 0 Å². The number of hydrogen-bond donors (Lipinski definition) is 0. The van der Waals surface area contributed by atoms with E-state index in [0.717, 1.165) is 12.8 Å². The third-order valence-electron chi connectivity index (χ3n) is 1.76. The summed E-state index contributed by atoms with van der Waals surface area (Å²) in [5, 5.41) is 0. The van der Waals surface area contributed by atoms with Gasteiger partial charge in [-0.25, -0.2) is 0 Å². The first-order valence-corrected chi connectivity index (χ1v) is 5.09. The van der Waals surface area contributed by atoms with Gasteiger partial charge in [-0.2, -0.15) is 0 Å². The predicted octanol–water partition coefficient (Wildman–Crippen LogP) is 2.84. The van der Waals surface area contributed by atoms with Crippen molar-refractivity contribution < 1.29 is 9.59 Å². The second-order valence-corrected chi connectivity index (χ2v) is 3.04. The molecule has 0 aliphatic carbocycles. The van der Waals surface area contributed by atoms with Gasteiger partial charge in [0.2, 0.25) is 0 Å². The monoisotopic (exact) mass is 194 g/mol. The summed E-state index contributed by atoms with van der Waals surface area (Å²) in [5.41, 5.74) is 0. The summed E-state index contributed by atoms with van der Waals surface area (Å²) in [5.74, 6) is 0.0232. The fourth-order valence-electron chi connectivity index (χ4n) is 0.897. The lowest BCUT2D eigenvalue weighted by atomic mass is 10.1. The number of allylic oxidation sites excluding steroid dienone is 4. The summed E-state index contributed by atoms with van der Waals surface area (Å²) in [6, 6.07) is 0. The van der Waals surface area contributed by atoms with Crippen molar-refractivity contribution in [3.8, 4) is 0 Å². The Kier molecular flexibility index (Phi) is 7.71. The molecule has 0 spiro atoms. The van der Waals surface area contributed by atoms with Crippen molar-refractivity contribution >= 4 is 11.6 Å². The maximum atomic E-state index is 11.2. The SMILES string of the molecule is CCC=CCCC(=O)C=CC(=O)CC. The Morgan fingerprint density at radius 3 is 2.21 bits per heavy atom. The highest BCUT2D eigenvalue weighted by molar-refractivity contribution is 5.98. The highest BCUT2D eigenvalue weighted by Gasteiger charge is 1.95. The van der Waals surface area contributed by atoms with Gasteiger partial charge in [-0.05, 0) is 25.0 Å². The standard InChI is InChI=1S/C12H18O2/c1-3-5-6-7-8-12(14)10-9-11(13)4-2/h5-6,9-10H,3-4,7-8H2,1-2H3. The summed E-state index contributed by atoms with van der Waals surface area (Å²) in [7, 11) is 0. The minimum absolute atomic E-state index is 0.00227. The lowest BCUT2D eigenvalue weighted by molar-refractivity contribution is -0.116. The summed E-state index contributed by atoms with van der Waals surface area (Å²) in [6.07, 6.45) is 9.48. The van der Waals surface area contributed by atoms with E-state index < -0.39 is 0 Å². The van der Waals surface area contributed by atoms with E-state index in [1.165, 1.54) is 12.2 Å². The van der Waals surface area contributed by atoms with Gasteiger partial charge in [0.15, 0.2) is 11.6 Å². The molecule has 0 aromatic carbocycles. The van der Waals surface area contributed by atoms with Crippen LogP contribution in [0.4, 0.5) is 0 Å². The van der Waals surface area contributed by atoms with Crippen molar-refractivity contribution in [3.63, 3.8) is 0 Å². The molecular formula is C12H18O2. The van der Waals surface area contributed by atoms with Gasteiger partial charge in [-0.1, -0.05) is 26.0 Å². The Bertz CT molecular complexity index is 237. The van der Waals surface area contributed by atoms with Crippen LogP contribution in [-0.2, 0) is 9.59 Å². The van der Waals surface area contributed by atoms with Gasteiger partial charge in [0.25, 0.3) is 0 Å². The lowest BCUT2D eigenvalue weighted by Gasteiger charge is -1.90. The molecule has 0 unspecified atom stereocenters. The normalized spacial score (nSPS) is 11.3. The number of hydrogen-bond acceptors (Lipinski definition) is 2. The van der Waals surface area contributed by atoms with E-state index in [2.05, 4.69) is 6.92 Å². The van der Waals surface area contributed by atoms with Gasteiger partial charge in [-0.15, -0.1) is 0 Å². The van der Waals surface area contributed by atoms with E-state index in [9.17, 15) is 9.59 Å². The fraction of sp³-hybridized carbons (Fsp3) is 0.500. The summed E-state index contributed by atoms with van der Waals surface area (Å²) >= 11 is 0. The maximum Gasteiger partial charge on any atom is 0.156 e. The predicted molar refractivity (Wildman–Crippen MR) is 58.1 cm³/mol. The van der Waals surface area contributed by atoms with E-state index in [1.54, 1.807) is 6.92 Å². The van der Waals surface area contributed by atoms with Crippen LogP contribution in [0.5, 0.6) is 0 Å². The number of ketones is 2. The third kappa shape index (κ3) is 7.47. The van der Waals surface area contributed by atoms with Gasteiger partial charge >= 0.3 is 0 Å². The molecule has 14 heavy (non-hydrogen) atoms. The van der Waals surface area contributed by atoms with E-state index in [4.69, 9.17) is 0 Å². The molecule has 0 aliphatic rings. The Morgan fingerprint density at radius 2 is 1.64 bits per heavy atom. The van der Waals surface area contributed by atoms with E-state index in [-0.39, 0.29) is 11.6 Å². The molecule has 0 N–H and O–H groups in total. The molecule has 0 aliphatic heterocycles. The van der Waals surface area contributed by atoms with Crippen molar-refractivity contribution in [3.05, 3.63) is 24.3 Å². The Morgan fingerprint density at radius 1 is 1.00 bits per heavy atom. The van der Waals surface area contributed by atoms with E-state index in [1.807, 2.05) is 12.2 Å². The largest absolute Gasteiger partial charge is 0.295 e. The second-order valence-electron chi connectivity index (χ2n) is 3.04. The topological polar surface area (TPSA) is 34.1 Å². The zero-order chi connectivity index (χ0) is 10.8. The van der Waals surface area contributed by atoms with E-state index in [0.29, 0.717) is 12.8 Å². The highest BCUT2D eigenvalue weighted by atomic mass is 16.1. The fourth-order valence-corrected chi connectivity index (χ4v) is 0.897. The summed E-state index contributed by atoms with van der Waals surface area (Å²) in [6.45, 7) is 3.83. The number of carbonyl (C=O) groups is 2. The number of carbonyl (C=O) groups excluding carboxylic acids is 2.